The molecule has 106 valence electrons. The quantitative estimate of drug-likeness (QED) is 0.814. The van der Waals surface area contributed by atoms with Crippen molar-refractivity contribution in [2.45, 2.75) is 45.1 Å². The molecule has 0 spiro atoms. The number of amides is 1. The predicted molar refractivity (Wildman–Crippen MR) is 74.5 cm³/mol. The first-order chi connectivity index (χ1) is 9.24. The van der Waals surface area contributed by atoms with Gasteiger partial charge in [-0.05, 0) is 68.4 Å². The van der Waals surface area contributed by atoms with Gasteiger partial charge in [-0.25, -0.2) is 0 Å². The zero-order chi connectivity index (χ0) is 13.0. The number of hydrogen-bond donors (Lipinski definition) is 2. The lowest BCUT2D eigenvalue weighted by Crippen LogP contribution is -2.52. The van der Waals surface area contributed by atoms with Crippen molar-refractivity contribution in [1.29, 1.82) is 0 Å². The van der Waals surface area contributed by atoms with E-state index in [1.165, 1.54) is 32.1 Å². The average Bonchev–Trinajstić information content (AvgIpc) is 2.97. The molecule has 3 aliphatic carbocycles. The average molecular weight is 262 g/mol. The number of fused-ring (bicyclic) bond motifs is 5. The molecule has 1 heterocycles. The van der Waals surface area contributed by atoms with Gasteiger partial charge in [0.05, 0.1) is 0 Å². The Bertz CT molecular complexity index is 379. The number of nitrogens with one attached hydrogen (secondary N) is 2. The van der Waals surface area contributed by atoms with E-state index in [0.29, 0.717) is 17.9 Å². The van der Waals surface area contributed by atoms with Gasteiger partial charge in [0.15, 0.2) is 0 Å². The van der Waals surface area contributed by atoms with Gasteiger partial charge in [0.25, 0.3) is 0 Å². The molecule has 4 rings (SSSR count). The van der Waals surface area contributed by atoms with Crippen LogP contribution in [0.4, 0.5) is 0 Å². The summed E-state index contributed by atoms with van der Waals surface area (Å²) in [5.74, 6) is 4.80. The second kappa shape index (κ2) is 4.47. The highest BCUT2D eigenvalue weighted by molar-refractivity contribution is 5.79. The molecule has 3 nitrogen and oxygen atoms in total. The Labute approximate surface area is 115 Å². The molecule has 6 unspecified atom stereocenters. The summed E-state index contributed by atoms with van der Waals surface area (Å²) in [4.78, 5) is 12.4. The van der Waals surface area contributed by atoms with Crippen LogP contribution in [-0.2, 0) is 4.79 Å². The molecular formula is C16H26N2O. The van der Waals surface area contributed by atoms with Crippen molar-refractivity contribution in [1.82, 2.24) is 10.6 Å². The summed E-state index contributed by atoms with van der Waals surface area (Å²) in [6.07, 6.45) is 7.01. The van der Waals surface area contributed by atoms with Crippen LogP contribution >= 0.6 is 0 Å². The number of hydrogen-bond acceptors (Lipinski definition) is 2. The fraction of sp³-hybridized carbons (Fsp3) is 0.938. The Balaban J connectivity index is 1.37. The van der Waals surface area contributed by atoms with Crippen molar-refractivity contribution in [2.75, 3.05) is 13.1 Å². The van der Waals surface area contributed by atoms with Crippen LogP contribution in [0.3, 0.4) is 0 Å². The van der Waals surface area contributed by atoms with Crippen LogP contribution < -0.4 is 10.6 Å². The molecule has 0 aromatic carbocycles. The van der Waals surface area contributed by atoms with Gasteiger partial charge < -0.3 is 10.6 Å². The highest BCUT2D eigenvalue weighted by atomic mass is 16.2. The first-order valence-corrected chi connectivity index (χ1v) is 8.25. The molecule has 1 aliphatic heterocycles. The van der Waals surface area contributed by atoms with Gasteiger partial charge in [-0.3, -0.25) is 4.79 Å². The molecule has 4 aliphatic rings. The maximum Gasteiger partial charge on any atom is 0.223 e. The van der Waals surface area contributed by atoms with Crippen LogP contribution in [0.15, 0.2) is 0 Å². The van der Waals surface area contributed by atoms with E-state index in [4.69, 9.17) is 0 Å². The van der Waals surface area contributed by atoms with Crippen LogP contribution in [0.25, 0.3) is 0 Å². The second-order valence-electron chi connectivity index (χ2n) is 7.48. The predicted octanol–water partition coefficient (Wildman–Crippen LogP) is 1.78. The first kappa shape index (κ1) is 12.2. The summed E-state index contributed by atoms with van der Waals surface area (Å²) < 4.78 is 0. The molecule has 0 aromatic heterocycles. The molecule has 3 heteroatoms. The lowest BCUT2D eigenvalue weighted by Gasteiger charge is -2.35. The maximum atomic E-state index is 12.4. The molecule has 1 amide bonds. The van der Waals surface area contributed by atoms with Crippen LogP contribution in [0.5, 0.6) is 0 Å². The molecule has 0 radical (unpaired) electrons. The SMILES string of the molecule is CC(C(=O)NC1CC2CC1C1CCCC21)C1CNC1. The number of rotatable bonds is 3. The van der Waals surface area contributed by atoms with E-state index in [-0.39, 0.29) is 5.92 Å². The van der Waals surface area contributed by atoms with Crippen LogP contribution in [0.1, 0.15) is 39.0 Å². The smallest absolute Gasteiger partial charge is 0.223 e. The molecule has 4 fully saturated rings. The van der Waals surface area contributed by atoms with Crippen molar-refractivity contribution in [2.24, 2.45) is 35.5 Å². The molecule has 2 N–H and O–H groups in total. The van der Waals surface area contributed by atoms with Gasteiger partial charge in [0, 0.05) is 12.0 Å². The van der Waals surface area contributed by atoms with Gasteiger partial charge in [-0.15, -0.1) is 0 Å². The van der Waals surface area contributed by atoms with E-state index in [9.17, 15) is 4.79 Å². The minimum Gasteiger partial charge on any atom is -0.353 e. The van der Waals surface area contributed by atoms with E-state index in [1.807, 2.05) is 0 Å². The van der Waals surface area contributed by atoms with E-state index in [0.717, 1.165) is 36.8 Å². The van der Waals surface area contributed by atoms with Crippen LogP contribution in [0, 0.1) is 35.5 Å². The third-order valence-electron chi connectivity index (χ3n) is 6.69. The zero-order valence-corrected chi connectivity index (χ0v) is 11.9. The van der Waals surface area contributed by atoms with Gasteiger partial charge >= 0.3 is 0 Å². The Morgan fingerprint density at radius 1 is 1.16 bits per heavy atom. The normalized spacial score (nSPS) is 45.8. The first-order valence-electron chi connectivity index (χ1n) is 8.25. The summed E-state index contributed by atoms with van der Waals surface area (Å²) in [6, 6.07) is 0.507. The highest BCUT2D eigenvalue weighted by Crippen LogP contribution is 2.58. The van der Waals surface area contributed by atoms with Gasteiger partial charge in [0.2, 0.25) is 5.91 Å². The van der Waals surface area contributed by atoms with Crippen molar-refractivity contribution in [3.05, 3.63) is 0 Å². The second-order valence-corrected chi connectivity index (χ2v) is 7.48. The van der Waals surface area contributed by atoms with E-state index in [2.05, 4.69) is 17.6 Å². The van der Waals surface area contributed by atoms with Gasteiger partial charge in [-0.2, -0.15) is 0 Å². The van der Waals surface area contributed by atoms with Crippen molar-refractivity contribution in [3.63, 3.8) is 0 Å². The lowest BCUT2D eigenvalue weighted by molar-refractivity contribution is -0.128. The Morgan fingerprint density at radius 3 is 2.68 bits per heavy atom. The summed E-state index contributed by atoms with van der Waals surface area (Å²) >= 11 is 0. The highest BCUT2D eigenvalue weighted by Gasteiger charge is 2.54. The van der Waals surface area contributed by atoms with Crippen LogP contribution in [0.2, 0.25) is 0 Å². The molecule has 1 saturated heterocycles. The third kappa shape index (κ3) is 1.84. The fourth-order valence-corrected chi connectivity index (χ4v) is 5.43. The summed E-state index contributed by atoms with van der Waals surface area (Å²) in [5, 5.41) is 6.67. The van der Waals surface area contributed by atoms with Crippen LogP contribution in [-0.4, -0.2) is 25.0 Å². The van der Waals surface area contributed by atoms with Crippen molar-refractivity contribution >= 4 is 5.91 Å². The van der Waals surface area contributed by atoms with Crippen molar-refractivity contribution < 1.29 is 4.79 Å². The van der Waals surface area contributed by atoms with Crippen molar-refractivity contribution in [3.8, 4) is 0 Å². The Morgan fingerprint density at radius 2 is 1.95 bits per heavy atom. The fourth-order valence-electron chi connectivity index (χ4n) is 5.43. The molecule has 2 bridgehead atoms. The molecular weight excluding hydrogens is 236 g/mol. The topological polar surface area (TPSA) is 41.1 Å². The summed E-state index contributed by atoms with van der Waals surface area (Å²) in [7, 11) is 0. The van der Waals surface area contributed by atoms with Gasteiger partial charge in [0.1, 0.15) is 0 Å². The Hall–Kier alpha value is -0.570. The molecule has 6 atom stereocenters. The van der Waals surface area contributed by atoms with E-state index >= 15 is 0 Å². The third-order valence-corrected chi connectivity index (χ3v) is 6.69. The summed E-state index contributed by atoms with van der Waals surface area (Å²) in [5.41, 5.74) is 0. The molecule has 3 saturated carbocycles. The maximum absolute atomic E-state index is 12.4. The minimum atomic E-state index is 0.194. The molecule has 19 heavy (non-hydrogen) atoms. The standard InChI is InChI=1S/C16H26N2O/c1-9(11-7-17-8-11)16(19)18-15-6-10-5-14(15)13-4-2-3-12(10)13/h9-15,17H,2-8H2,1H3,(H,18,19). The van der Waals surface area contributed by atoms with Gasteiger partial charge in [-0.1, -0.05) is 13.3 Å². The van der Waals surface area contributed by atoms with E-state index in [1.54, 1.807) is 0 Å². The van der Waals surface area contributed by atoms with E-state index < -0.39 is 0 Å². The molecule has 0 aromatic rings. The summed E-state index contributed by atoms with van der Waals surface area (Å²) in [6.45, 7) is 4.15. The Kier molecular flexibility index (Phi) is 2.87. The minimum absolute atomic E-state index is 0.194. The largest absolute Gasteiger partial charge is 0.353 e. The number of carbonyl (C=O) groups is 1. The number of carbonyl (C=O) groups excluding carboxylic acids is 1. The monoisotopic (exact) mass is 262 g/mol. The lowest BCUT2D eigenvalue weighted by atomic mass is 9.78. The zero-order valence-electron chi connectivity index (χ0n) is 11.9.